The van der Waals surface area contributed by atoms with Crippen molar-refractivity contribution in [3.63, 3.8) is 0 Å². The van der Waals surface area contributed by atoms with Crippen molar-refractivity contribution in [3.8, 4) is 5.75 Å². The van der Waals surface area contributed by atoms with Gasteiger partial charge < -0.3 is 45.1 Å². The Bertz CT molecular complexity index is 3550. The minimum atomic E-state index is -0.681. The summed E-state index contributed by atoms with van der Waals surface area (Å²) in [6.45, 7) is 8.19. The number of hydrogen-bond donors (Lipinski definition) is 4. The number of aryl methyl sites for hydroxylation is 5. The molecule has 2 aliphatic carbocycles. The van der Waals surface area contributed by atoms with Gasteiger partial charge in [-0.2, -0.15) is 15.3 Å². The fraction of sp³-hybridized carbons (Fsp3) is 0.464. The molecule has 3 saturated heterocycles. The van der Waals surface area contributed by atoms with Gasteiger partial charge in [0.05, 0.1) is 53.4 Å². The number of carbonyl (C=O) groups excluding carboxylic acids is 2. The average molecular weight is 1020 g/mol. The zero-order valence-corrected chi connectivity index (χ0v) is 43.4. The molecular weight excluding hydrogens is 952 g/mol. The molecule has 75 heavy (non-hydrogen) atoms. The smallest absolute Gasteiger partial charge is 0.261 e. The lowest BCUT2D eigenvalue weighted by Crippen LogP contribution is -2.43. The summed E-state index contributed by atoms with van der Waals surface area (Å²) in [5.74, 6) is -0.615. The van der Waals surface area contributed by atoms with Crippen LogP contribution >= 0.6 is 0 Å². The quantitative estimate of drug-likeness (QED) is 0.0840. The summed E-state index contributed by atoms with van der Waals surface area (Å²) >= 11 is 0. The molecule has 8 aromatic rings. The van der Waals surface area contributed by atoms with Gasteiger partial charge in [-0.1, -0.05) is 0 Å². The molecular formula is C56H65FN14O4. The monoisotopic (exact) mass is 1020 g/mol. The second-order valence-corrected chi connectivity index (χ2v) is 21.8. The predicted molar refractivity (Wildman–Crippen MR) is 289 cm³/mol. The van der Waals surface area contributed by atoms with Crippen LogP contribution in [-0.2, 0) is 32.4 Å². The number of fused-ring (bicyclic) bond motifs is 4. The lowest BCUT2D eigenvalue weighted by molar-refractivity contribution is 0.101. The Morgan fingerprint density at radius 3 is 2.01 bits per heavy atom. The van der Waals surface area contributed by atoms with E-state index in [1.54, 1.807) is 14.0 Å². The van der Waals surface area contributed by atoms with Crippen LogP contribution in [0.4, 0.5) is 27.3 Å². The highest BCUT2D eigenvalue weighted by Gasteiger charge is 2.33. The van der Waals surface area contributed by atoms with Crippen molar-refractivity contribution in [2.24, 2.45) is 21.1 Å². The topological polar surface area (TPSA) is 178 Å². The molecule has 0 radical (unpaired) electrons. The maximum Gasteiger partial charge on any atom is 0.261 e. The molecule has 2 saturated carbocycles. The fourth-order valence-corrected chi connectivity index (χ4v) is 12.0. The Balaban J connectivity index is 0.912. The van der Waals surface area contributed by atoms with Crippen molar-refractivity contribution < 1.29 is 23.5 Å². The first-order chi connectivity index (χ1) is 36.3. The first kappa shape index (κ1) is 47.6. The molecule has 5 fully saturated rings. The number of rotatable bonds is 14. The van der Waals surface area contributed by atoms with E-state index in [0.717, 1.165) is 77.5 Å². The van der Waals surface area contributed by atoms with Gasteiger partial charge in [-0.3, -0.25) is 28.6 Å². The van der Waals surface area contributed by atoms with Gasteiger partial charge in [-0.15, -0.1) is 0 Å². The minimum absolute atomic E-state index is 0.128. The molecule has 1 atom stereocenters. The van der Waals surface area contributed by atoms with Gasteiger partial charge in [0.2, 0.25) is 0 Å². The first-order valence-electron chi connectivity index (χ1n) is 26.8. The summed E-state index contributed by atoms with van der Waals surface area (Å²) in [6, 6.07) is 13.3. The first-order valence-corrected chi connectivity index (χ1v) is 26.8. The number of nitrogens with one attached hydrogen (secondary N) is 4. The number of amides is 2. The van der Waals surface area contributed by atoms with Crippen molar-refractivity contribution in [2.45, 2.75) is 108 Å². The van der Waals surface area contributed by atoms with Crippen LogP contribution in [-0.4, -0.2) is 120 Å². The molecule has 3 aliphatic heterocycles. The van der Waals surface area contributed by atoms with Gasteiger partial charge >= 0.3 is 0 Å². The molecule has 2 amide bonds. The van der Waals surface area contributed by atoms with Gasteiger partial charge in [-0.25, -0.2) is 4.39 Å². The molecule has 4 N–H and O–H groups in total. The lowest BCUT2D eigenvalue weighted by atomic mass is 9.98. The van der Waals surface area contributed by atoms with Crippen molar-refractivity contribution in [1.82, 2.24) is 49.5 Å². The minimum Gasteiger partial charge on any atom is -0.486 e. The molecule has 5 aliphatic rings. The van der Waals surface area contributed by atoms with Crippen LogP contribution in [0.3, 0.4) is 0 Å². The van der Waals surface area contributed by atoms with E-state index in [9.17, 15) is 4.79 Å². The van der Waals surface area contributed by atoms with E-state index in [2.05, 4.69) is 42.2 Å². The highest BCUT2D eigenvalue weighted by atomic mass is 19.1. The summed E-state index contributed by atoms with van der Waals surface area (Å²) in [6.07, 6.45) is 15.0. The van der Waals surface area contributed by atoms with Gasteiger partial charge in [0.15, 0.2) is 0 Å². The Morgan fingerprint density at radius 1 is 0.693 bits per heavy atom. The van der Waals surface area contributed by atoms with E-state index in [1.165, 1.54) is 31.7 Å². The fourth-order valence-electron chi connectivity index (χ4n) is 12.0. The van der Waals surface area contributed by atoms with Crippen molar-refractivity contribution in [1.29, 1.82) is 0 Å². The molecule has 0 bridgehead atoms. The Hall–Kier alpha value is -7.09. The standard InChI is InChI=1S/C56H65FN14O4/c1-31-20-33-23-49(68(5)54(33)32(2)58-31)62-55(72)50-35(22-46(41-28-67(4)64-52(41)50)69-15-10-38(11-16-69)59-36-6-7-36)27-71-29-42-47(70-17-12-39(13-18-70)60-37-8-9-37)24-43(57)51(53(42)65-71)56(73)61-45-21-34-26-66(3)63-44(34)25-48(45)75-40-14-19-74-30-40/h20-26,28-29,36-40,59-60H,6-19,27,30H2,1-5H3,(H,61,73)(H,62,72). The summed E-state index contributed by atoms with van der Waals surface area (Å²) in [7, 11) is 5.66. The molecule has 3 aromatic carbocycles. The molecule has 13 rings (SSSR count). The Morgan fingerprint density at radius 2 is 1.33 bits per heavy atom. The average Bonchev–Trinajstić information content (AvgIpc) is 4.09. The number of halogens is 1. The van der Waals surface area contributed by atoms with E-state index < -0.39 is 11.7 Å². The third-order valence-electron chi connectivity index (χ3n) is 16.0. The molecule has 390 valence electrons. The molecule has 18 nitrogen and oxygen atoms in total. The number of aromatic nitrogens is 8. The summed E-state index contributed by atoms with van der Waals surface area (Å²) in [4.78, 5) is 39.4. The SMILES string of the molecule is Cc1cc2cc(NC(=O)c3c(Cn4cc5c(N6CCC(NC7CC7)CC6)cc(F)c(C(=O)Nc6cc7cn(C)nc7cc6OC6CCOC6)c5n4)cc(N4CCC(NC5CC5)CC4)c4cn(C)nc34)n(C)c2c(C)n1. The largest absolute Gasteiger partial charge is 0.486 e. The third kappa shape index (κ3) is 9.32. The van der Waals surface area contributed by atoms with Gasteiger partial charge in [-0.05, 0) is 101 Å². The number of anilines is 4. The van der Waals surface area contributed by atoms with Crippen LogP contribution < -0.4 is 35.8 Å². The molecule has 0 spiro atoms. The van der Waals surface area contributed by atoms with Crippen molar-refractivity contribution >= 4 is 78.3 Å². The van der Waals surface area contributed by atoms with Gasteiger partial charge in [0.1, 0.15) is 40.1 Å². The highest BCUT2D eigenvalue weighted by molar-refractivity contribution is 6.16. The van der Waals surface area contributed by atoms with E-state index in [4.69, 9.17) is 24.7 Å². The van der Waals surface area contributed by atoms with Crippen LogP contribution in [0.2, 0.25) is 0 Å². The Labute approximate surface area is 433 Å². The van der Waals surface area contributed by atoms with Crippen LogP contribution in [0.1, 0.15) is 95.5 Å². The number of piperidine rings is 2. The van der Waals surface area contributed by atoms with Crippen LogP contribution in [0.25, 0.3) is 43.6 Å². The normalized spacial score (nSPS) is 18.9. The molecule has 8 heterocycles. The zero-order chi connectivity index (χ0) is 51.2. The number of hydrogen-bond acceptors (Lipinski definition) is 12. The van der Waals surface area contributed by atoms with Crippen molar-refractivity contribution in [2.75, 3.05) is 59.8 Å². The number of ether oxygens (including phenoxy) is 2. The van der Waals surface area contributed by atoms with Crippen LogP contribution in [0.15, 0.2) is 55.0 Å². The maximum absolute atomic E-state index is 17.2. The molecule has 5 aromatic heterocycles. The number of carbonyl (C=O) groups is 2. The summed E-state index contributed by atoms with van der Waals surface area (Å²) < 4.78 is 36.5. The van der Waals surface area contributed by atoms with E-state index >= 15 is 9.18 Å². The third-order valence-corrected chi connectivity index (χ3v) is 16.0. The summed E-state index contributed by atoms with van der Waals surface area (Å²) in [5.41, 5.74) is 7.19. The van der Waals surface area contributed by atoms with E-state index in [0.29, 0.717) is 107 Å². The molecule has 19 heteroatoms. The number of benzene rings is 3. The predicted octanol–water partition coefficient (Wildman–Crippen LogP) is 7.61. The van der Waals surface area contributed by atoms with E-state index in [1.807, 2.05) is 82.4 Å². The van der Waals surface area contributed by atoms with E-state index in [-0.39, 0.29) is 29.6 Å². The highest BCUT2D eigenvalue weighted by Crippen LogP contribution is 2.39. The number of pyridine rings is 1. The van der Waals surface area contributed by atoms with Gasteiger partial charge in [0.25, 0.3) is 11.8 Å². The lowest BCUT2D eigenvalue weighted by Gasteiger charge is -2.35. The second-order valence-electron chi connectivity index (χ2n) is 21.8. The molecule has 1 unspecified atom stereocenters. The summed E-state index contributed by atoms with van der Waals surface area (Å²) in [5, 5.41) is 32.0. The number of nitrogens with zero attached hydrogens (tertiary/aromatic N) is 10. The zero-order valence-electron chi connectivity index (χ0n) is 43.4. The van der Waals surface area contributed by atoms with Crippen molar-refractivity contribution in [3.05, 3.63) is 88.9 Å². The van der Waals surface area contributed by atoms with Crippen LogP contribution in [0.5, 0.6) is 5.75 Å². The van der Waals surface area contributed by atoms with Crippen LogP contribution in [0, 0.1) is 19.7 Å². The van der Waals surface area contributed by atoms with Gasteiger partial charge in [0, 0.05) is 135 Å². The second kappa shape index (κ2) is 18.9. The maximum atomic E-state index is 17.2. The Kier molecular flexibility index (Phi) is 12.0.